The molecule has 0 saturated heterocycles. The van der Waals surface area contributed by atoms with Crippen LogP contribution in [0.3, 0.4) is 0 Å². The molecule has 2 N–H and O–H groups in total. The molecule has 0 fully saturated rings. The van der Waals surface area contributed by atoms with Crippen LogP contribution in [-0.2, 0) is 9.53 Å². The second-order valence-corrected chi connectivity index (χ2v) is 5.89. The van der Waals surface area contributed by atoms with Gasteiger partial charge in [0.15, 0.2) is 0 Å². The SMILES string of the molecule is CCCNC(CC)(CCCN(CCOC)C(C)C)C(=O)O. The number of hydrogen-bond acceptors (Lipinski definition) is 4. The Hall–Kier alpha value is -0.650. The highest BCUT2D eigenvalue weighted by atomic mass is 16.5. The fourth-order valence-electron chi connectivity index (χ4n) is 2.51. The van der Waals surface area contributed by atoms with Crippen molar-refractivity contribution in [3.8, 4) is 0 Å². The van der Waals surface area contributed by atoms with Gasteiger partial charge in [0, 0.05) is 19.7 Å². The zero-order valence-corrected chi connectivity index (χ0v) is 14.4. The molecule has 0 rings (SSSR count). The summed E-state index contributed by atoms with van der Waals surface area (Å²) in [7, 11) is 1.71. The Bertz CT molecular complexity index is 285. The molecule has 5 nitrogen and oxygen atoms in total. The summed E-state index contributed by atoms with van der Waals surface area (Å²) >= 11 is 0. The summed E-state index contributed by atoms with van der Waals surface area (Å²) in [6, 6.07) is 0.449. The van der Waals surface area contributed by atoms with E-state index >= 15 is 0 Å². The van der Waals surface area contributed by atoms with E-state index in [1.807, 2.05) is 6.92 Å². The number of nitrogens with zero attached hydrogens (tertiary/aromatic N) is 1. The normalized spacial score (nSPS) is 14.6. The number of carboxylic acids is 1. The molecule has 126 valence electrons. The summed E-state index contributed by atoms with van der Waals surface area (Å²) in [5.74, 6) is -0.730. The smallest absolute Gasteiger partial charge is 0.323 e. The fourth-order valence-corrected chi connectivity index (χ4v) is 2.51. The minimum Gasteiger partial charge on any atom is -0.480 e. The summed E-state index contributed by atoms with van der Waals surface area (Å²) in [4.78, 5) is 14.0. The lowest BCUT2D eigenvalue weighted by atomic mass is 9.90. The van der Waals surface area contributed by atoms with Crippen molar-refractivity contribution in [1.82, 2.24) is 10.2 Å². The zero-order valence-electron chi connectivity index (χ0n) is 14.4. The molecule has 1 unspecified atom stereocenters. The highest BCUT2D eigenvalue weighted by Gasteiger charge is 2.35. The molecular weight excluding hydrogens is 268 g/mol. The molecule has 0 aromatic carbocycles. The van der Waals surface area contributed by atoms with Crippen LogP contribution in [0.1, 0.15) is 53.4 Å². The van der Waals surface area contributed by atoms with Crippen molar-refractivity contribution in [2.24, 2.45) is 0 Å². The maximum absolute atomic E-state index is 11.6. The molecule has 0 saturated carbocycles. The third-order valence-corrected chi connectivity index (χ3v) is 4.09. The number of carboxylic acid groups (broad SMARTS) is 1. The number of carbonyl (C=O) groups is 1. The van der Waals surface area contributed by atoms with E-state index in [1.54, 1.807) is 7.11 Å². The Kier molecular flexibility index (Phi) is 10.6. The van der Waals surface area contributed by atoms with Crippen molar-refractivity contribution < 1.29 is 14.6 Å². The van der Waals surface area contributed by atoms with Crippen LogP contribution in [0.2, 0.25) is 0 Å². The second kappa shape index (κ2) is 11.0. The summed E-state index contributed by atoms with van der Waals surface area (Å²) in [5.41, 5.74) is -0.778. The van der Waals surface area contributed by atoms with Gasteiger partial charge in [-0.1, -0.05) is 13.8 Å². The van der Waals surface area contributed by atoms with Crippen LogP contribution >= 0.6 is 0 Å². The van der Waals surface area contributed by atoms with E-state index in [4.69, 9.17) is 4.74 Å². The number of rotatable bonds is 13. The van der Waals surface area contributed by atoms with Crippen LogP contribution in [0.25, 0.3) is 0 Å². The quantitative estimate of drug-likeness (QED) is 0.547. The van der Waals surface area contributed by atoms with Crippen LogP contribution in [0.5, 0.6) is 0 Å². The maximum atomic E-state index is 11.6. The molecule has 0 aromatic rings. The predicted octanol–water partition coefficient (Wildman–Crippen LogP) is 2.36. The Labute approximate surface area is 130 Å². The lowest BCUT2D eigenvalue weighted by Gasteiger charge is -2.32. The Morgan fingerprint density at radius 2 is 2.00 bits per heavy atom. The minimum atomic E-state index is -0.778. The van der Waals surface area contributed by atoms with E-state index in [0.29, 0.717) is 25.5 Å². The first-order chi connectivity index (χ1) is 9.93. The molecule has 5 heteroatoms. The number of hydrogen-bond donors (Lipinski definition) is 2. The highest BCUT2D eigenvalue weighted by Crippen LogP contribution is 2.19. The second-order valence-electron chi connectivity index (χ2n) is 5.89. The Morgan fingerprint density at radius 3 is 2.43 bits per heavy atom. The summed E-state index contributed by atoms with van der Waals surface area (Å²) in [6.07, 6.45) is 3.09. The van der Waals surface area contributed by atoms with Crippen LogP contribution in [-0.4, -0.2) is 60.9 Å². The van der Waals surface area contributed by atoms with Crippen molar-refractivity contribution in [2.45, 2.75) is 65.0 Å². The van der Waals surface area contributed by atoms with Crippen LogP contribution < -0.4 is 5.32 Å². The third-order valence-electron chi connectivity index (χ3n) is 4.09. The first-order valence-electron chi connectivity index (χ1n) is 8.14. The van der Waals surface area contributed by atoms with E-state index in [0.717, 1.165) is 32.5 Å². The molecule has 0 heterocycles. The van der Waals surface area contributed by atoms with Crippen LogP contribution in [0, 0.1) is 0 Å². The van der Waals surface area contributed by atoms with Crippen molar-refractivity contribution >= 4 is 5.97 Å². The van der Waals surface area contributed by atoms with Gasteiger partial charge in [0.2, 0.25) is 0 Å². The van der Waals surface area contributed by atoms with Gasteiger partial charge < -0.3 is 15.2 Å². The molecule has 0 aliphatic carbocycles. The topological polar surface area (TPSA) is 61.8 Å². The molecule has 0 amide bonds. The van der Waals surface area contributed by atoms with Crippen molar-refractivity contribution in [3.05, 3.63) is 0 Å². The number of methoxy groups -OCH3 is 1. The first kappa shape index (κ1) is 20.3. The summed E-state index contributed by atoms with van der Waals surface area (Å²) in [6.45, 7) is 11.6. The maximum Gasteiger partial charge on any atom is 0.323 e. The summed E-state index contributed by atoms with van der Waals surface area (Å²) < 4.78 is 5.13. The monoisotopic (exact) mass is 302 g/mol. The average Bonchev–Trinajstić information content (AvgIpc) is 2.45. The number of ether oxygens (including phenoxy) is 1. The molecule has 21 heavy (non-hydrogen) atoms. The van der Waals surface area contributed by atoms with Gasteiger partial charge in [-0.3, -0.25) is 9.69 Å². The van der Waals surface area contributed by atoms with Crippen LogP contribution in [0.15, 0.2) is 0 Å². The van der Waals surface area contributed by atoms with Crippen LogP contribution in [0.4, 0.5) is 0 Å². The average molecular weight is 302 g/mol. The van der Waals surface area contributed by atoms with E-state index in [9.17, 15) is 9.90 Å². The van der Waals surface area contributed by atoms with Crippen molar-refractivity contribution in [2.75, 3.05) is 33.4 Å². The zero-order chi connectivity index (χ0) is 16.3. The molecule has 0 aliphatic rings. The first-order valence-corrected chi connectivity index (χ1v) is 8.14. The van der Waals surface area contributed by atoms with E-state index in [-0.39, 0.29) is 0 Å². The number of aliphatic carboxylic acids is 1. The van der Waals surface area contributed by atoms with E-state index in [2.05, 4.69) is 31.0 Å². The Balaban J connectivity index is 4.48. The van der Waals surface area contributed by atoms with E-state index in [1.165, 1.54) is 0 Å². The molecule has 1 atom stereocenters. The largest absolute Gasteiger partial charge is 0.480 e. The van der Waals surface area contributed by atoms with Gasteiger partial charge in [0.1, 0.15) is 5.54 Å². The summed E-state index contributed by atoms with van der Waals surface area (Å²) in [5, 5.41) is 12.8. The van der Waals surface area contributed by atoms with Gasteiger partial charge in [0.05, 0.1) is 6.61 Å². The minimum absolute atomic E-state index is 0.449. The van der Waals surface area contributed by atoms with Crippen molar-refractivity contribution in [1.29, 1.82) is 0 Å². The number of nitrogens with one attached hydrogen (secondary N) is 1. The van der Waals surface area contributed by atoms with Gasteiger partial charge in [-0.15, -0.1) is 0 Å². The Morgan fingerprint density at radius 1 is 1.33 bits per heavy atom. The highest BCUT2D eigenvalue weighted by molar-refractivity contribution is 5.78. The standard InChI is InChI=1S/C16H34N2O3/c1-6-10-17-16(7-2,15(19)20)9-8-11-18(14(3)4)12-13-21-5/h14,17H,6-13H2,1-5H3,(H,19,20). The van der Waals surface area contributed by atoms with Gasteiger partial charge in [-0.2, -0.15) is 0 Å². The van der Waals surface area contributed by atoms with Gasteiger partial charge in [-0.25, -0.2) is 0 Å². The van der Waals surface area contributed by atoms with Crippen molar-refractivity contribution in [3.63, 3.8) is 0 Å². The van der Waals surface area contributed by atoms with Gasteiger partial charge in [0.25, 0.3) is 0 Å². The molecule has 0 radical (unpaired) electrons. The molecule has 0 spiro atoms. The lowest BCUT2D eigenvalue weighted by Crippen LogP contribution is -2.52. The molecular formula is C16H34N2O3. The molecule has 0 bridgehead atoms. The predicted molar refractivity (Wildman–Crippen MR) is 86.8 cm³/mol. The molecule has 0 aromatic heterocycles. The van der Waals surface area contributed by atoms with Gasteiger partial charge >= 0.3 is 5.97 Å². The van der Waals surface area contributed by atoms with E-state index < -0.39 is 11.5 Å². The third kappa shape index (κ3) is 7.25. The molecule has 0 aliphatic heterocycles. The lowest BCUT2D eigenvalue weighted by molar-refractivity contribution is -0.145. The fraction of sp³-hybridized carbons (Fsp3) is 0.938. The van der Waals surface area contributed by atoms with Gasteiger partial charge in [-0.05, 0) is 52.6 Å².